The molecule has 3 nitrogen and oxygen atoms in total. The van der Waals surface area contributed by atoms with E-state index in [4.69, 9.17) is 0 Å². The summed E-state index contributed by atoms with van der Waals surface area (Å²) in [5.74, 6) is -3.18. The third kappa shape index (κ3) is 3.74. The van der Waals surface area contributed by atoms with Crippen molar-refractivity contribution >= 4 is 21.8 Å². The number of hydrogen-bond acceptors (Lipinski definition) is 3. The molecule has 0 saturated carbocycles. The Hall–Kier alpha value is -1.58. The quantitative estimate of drug-likeness (QED) is 0.722. The summed E-state index contributed by atoms with van der Waals surface area (Å²) in [5, 5.41) is -0.448. The van der Waals surface area contributed by atoms with Gasteiger partial charge in [0.2, 0.25) is 10.0 Å². The van der Waals surface area contributed by atoms with Crippen molar-refractivity contribution in [1.29, 1.82) is 0 Å². The number of rotatable bonds is 3. The van der Waals surface area contributed by atoms with E-state index in [1.165, 1.54) is 11.8 Å². The SMILES string of the molecule is O=S(=O)(c1c(F)cccc1F)N1CCS[C@H](c2cc(F)ccc2F)CC1. The molecule has 9 heteroatoms. The van der Waals surface area contributed by atoms with Crippen LogP contribution in [0.5, 0.6) is 0 Å². The average molecular weight is 405 g/mol. The molecule has 1 heterocycles. The van der Waals surface area contributed by atoms with Gasteiger partial charge in [0.15, 0.2) is 4.90 Å². The highest BCUT2D eigenvalue weighted by molar-refractivity contribution is 7.99. The molecule has 1 aliphatic rings. The molecule has 3 rings (SSSR count). The predicted molar refractivity (Wildman–Crippen MR) is 91.3 cm³/mol. The summed E-state index contributed by atoms with van der Waals surface area (Å²) in [6.07, 6.45) is 0.195. The third-order valence-corrected chi connectivity index (χ3v) is 7.38. The van der Waals surface area contributed by atoms with Gasteiger partial charge in [-0.05, 0) is 36.8 Å². The van der Waals surface area contributed by atoms with Crippen molar-refractivity contribution in [3.05, 3.63) is 65.2 Å². The van der Waals surface area contributed by atoms with Crippen molar-refractivity contribution in [2.24, 2.45) is 0 Å². The Balaban J connectivity index is 1.85. The van der Waals surface area contributed by atoms with Gasteiger partial charge >= 0.3 is 0 Å². The highest BCUT2D eigenvalue weighted by Crippen LogP contribution is 2.37. The molecule has 1 saturated heterocycles. The van der Waals surface area contributed by atoms with Crippen molar-refractivity contribution < 1.29 is 26.0 Å². The number of nitrogens with zero attached hydrogens (tertiary/aromatic N) is 1. The number of halogens is 4. The zero-order valence-corrected chi connectivity index (χ0v) is 15.1. The van der Waals surface area contributed by atoms with Crippen LogP contribution in [0, 0.1) is 23.3 Å². The zero-order chi connectivity index (χ0) is 18.9. The molecule has 0 bridgehead atoms. The second kappa shape index (κ2) is 7.58. The minimum absolute atomic E-state index is 0.0220. The van der Waals surface area contributed by atoms with Crippen LogP contribution in [-0.4, -0.2) is 31.6 Å². The molecule has 140 valence electrons. The Morgan fingerprint density at radius 1 is 0.962 bits per heavy atom. The fourth-order valence-electron chi connectivity index (χ4n) is 2.86. The Labute approximate surface area is 153 Å². The van der Waals surface area contributed by atoms with Crippen LogP contribution in [0.15, 0.2) is 41.3 Å². The molecule has 0 aromatic heterocycles. The third-order valence-electron chi connectivity index (χ3n) is 4.12. The van der Waals surface area contributed by atoms with E-state index in [2.05, 4.69) is 0 Å². The largest absolute Gasteiger partial charge is 0.248 e. The lowest BCUT2D eigenvalue weighted by atomic mass is 10.1. The number of sulfonamides is 1. The first-order chi connectivity index (χ1) is 12.3. The van der Waals surface area contributed by atoms with Gasteiger partial charge in [-0.2, -0.15) is 16.1 Å². The average Bonchev–Trinajstić information content (AvgIpc) is 2.83. The van der Waals surface area contributed by atoms with Crippen molar-refractivity contribution in [1.82, 2.24) is 4.31 Å². The fourth-order valence-corrected chi connectivity index (χ4v) is 5.78. The molecule has 0 spiro atoms. The Morgan fingerprint density at radius 3 is 2.35 bits per heavy atom. The van der Waals surface area contributed by atoms with Crippen molar-refractivity contribution in [3.63, 3.8) is 0 Å². The van der Waals surface area contributed by atoms with Gasteiger partial charge in [0.25, 0.3) is 0 Å². The molecule has 0 aliphatic carbocycles. The summed E-state index contributed by atoms with van der Waals surface area (Å²) in [5.41, 5.74) is 0.159. The second-order valence-electron chi connectivity index (χ2n) is 5.77. The van der Waals surface area contributed by atoms with Crippen LogP contribution in [0.25, 0.3) is 0 Å². The summed E-state index contributed by atoms with van der Waals surface area (Å²) < 4.78 is 81.5. The maximum absolute atomic E-state index is 14.0. The molecular weight excluding hydrogens is 390 g/mol. The molecule has 0 radical (unpaired) electrons. The molecule has 2 aromatic rings. The molecule has 1 fully saturated rings. The molecular formula is C17H15F4NO2S2. The summed E-state index contributed by atoms with van der Waals surface area (Å²) in [6, 6.07) is 5.98. The van der Waals surface area contributed by atoms with Crippen molar-refractivity contribution in [2.75, 3.05) is 18.8 Å². The van der Waals surface area contributed by atoms with Gasteiger partial charge in [-0.1, -0.05) is 6.07 Å². The summed E-state index contributed by atoms with van der Waals surface area (Å²) in [6.45, 7) is -0.0298. The first-order valence-corrected chi connectivity index (χ1v) is 10.3. The topological polar surface area (TPSA) is 37.4 Å². The van der Waals surface area contributed by atoms with E-state index in [1.54, 1.807) is 0 Å². The molecule has 1 atom stereocenters. The standard InChI is InChI=1S/C17H15F4NO2S2/c18-11-4-5-13(19)12(10-11)16-6-7-22(8-9-25-16)26(23,24)17-14(20)2-1-3-15(17)21/h1-5,10,16H,6-9H2/t16-/m0/s1. The van der Waals surface area contributed by atoms with Gasteiger partial charge in [0, 0.05) is 29.7 Å². The van der Waals surface area contributed by atoms with E-state index in [1.807, 2.05) is 0 Å². The number of hydrogen-bond donors (Lipinski definition) is 0. The van der Waals surface area contributed by atoms with Crippen molar-refractivity contribution in [3.8, 4) is 0 Å². The number of thioether (sulfide) groups is 1. The van der Waals surface area contributed by atoms with E-state index in [9.17, 15) is 26.0 Å². The van der Waals surface area contributed by atoms with E-state index in [0.29, 0.717) is 0 Å². The van der Waals surface area contributed by atoms with Gasteiger partial charge < -0.3 is 0 Å². The summed E-state index contributed by atoms with van der Waals surface area (Å²) >= 11 is 1.28. The molecule has 0 amide bonds. The minimum Gasteiger partial charge on any atom is -0.207 e. The van der Waals surface area contributed by atoms with Crippen LogP contribution < -0.4 is 0 Å². The normalized spacial score (nSPS) is 19.3. The highest BCUT2D eigenvalue weighted by Gasteiger charge is 2.33. The lowest BCUT2D eigenvalue weighted by Gasteiger charge is -2.20. The van der Waals surface area contributed by atoms with E-state index in [-0.39, 0.29) is 30.8 Å². The van der Waals surface area contributed by atoms with Gasteiger partial charge in [-0.15, -0.1) is 0 Å². The van der Waals surface area contributed by atoms with E-state index >= 15 is 0 Å². The Morgan fingerprint density at radius 2 is 1.65 bits per heavy atom. The summed E-state index contributed by atoms with van der Waals surface area (Å²) in [7, 11) is -4.37. The maximum atomic E-state index is 14.0. The summed E-state index contributed by atoms with van der Waals surface area (Å²) in [4.78, 5) is -0.986. The predicted octanol–water partition coefficient (Wildman–Crippen LogP) is 4.11. The zero-order valence-electron chi connectivity index (χ0n) is 13.5. The molecule has 1 aliphatic heterocycles. The lowest BCUT2D eigenvalue weighted by Crippen LogP contribution is -2.34. The molecule has 2 aromatic carbocycles. The first-order valence-electron chi connectivity index (χ1n) is 7.81. The van der Waals surface area contributed by atoms with E-state index < -0.39 is 43.4 Å². The monoisotopic (exact) mass is 405 g/mol. The molecule has 0 unspecified atom stereocenters. The van der Waals surface area contributed by atoms with Crippen LogP contribution in [-0.2, 0) is 10.0 Å². The van der Waals surface area contributed by atoms with Gasteiger partial charge in [0.1, 0.15) is 23.3 Å². The molecule has 26 heavy (non-hydrogen) atoms. The molecule has 0 N–H and O–H groups in total. The highest BCUT2D eigenvalue weighted by atomic mass is 32.2. The van der Waals surface area contributed by atoms with Gasteiger partial charge in [0.05, 0.1) is 0 Å². The van der Waals surface area contributed by atoms with Crippen LogP contribution in [0.3, 0.4) is 0 Å². The van der Waals surface area contributed by atoms with Crippen LogP contribution in [0.2, 0.25) is 0 Å². The van der Waals surface area contributed by atoms with Crippen LogP contribution >= 0.6 is 11.8 Å². The van der Waals surface area contributed by atoms with Crippen LogP contribution in [0.1, 0.15) is 17.2 Å². The second-order valence-corrected chi connectivity index (χ2v) is 8.95. The van der Waals surface area contributed by atoms with Crippen LogP contribution in [0.4, 0.5) is 17.6 Å². The number of benzene rings is 2. The smallest absolute Gasteiger partial charge is 0.207 e. The van der Waals surface area contributed by atoms with Gasteiger partial charge in [-0.3, -0.25) is 0 Å². The van der Waals surface area contributed by atoms with E-state index in [0.717, 1.165) is 40.7 Å². The lowest BCUT2D eigenvalue weighted by molar-refractivity contribution is 0.416. The minimum atomic E-state index is -4.37. The Bertz CT molecular complexity index is 901. The first kappa shape index (κ1) is 19.2. The van der Waals surface area contributed by atoms with Gasteiger partial charge in [-0.25, -0.2) is 26.0 Å². The van der Waals surface area contributed by atoms with Crippen molar-refractivity contribution in [2.45, 2.75) is 16.6 Å². The Kier molecular flexibility index (Phi) is 5.59. The maximum Gasteiger partial charge on any atom is 0.248 e. The fraction of sp³-hybridized carbons (Fsp3) is 0.294.